The van der Waals surface area contributed by atoms with E-state index in [2.05, 4.69) is 13.0 Å². The van der Waals surface area contributed by atoms with Gasteiger partial charge < -0.3 is 18.9 Å². The van der Waals surface area contributed by atoms with Crippen molar-refractivity contribution in [2.75, 3.05) is 6.61 Å². The second-order valence-corrected chi connectivity index (χ2v) is 5.37. The summed E-state index contributed by atoms with van der Waals surface area (Å²) in [6, 6.07) is 0. The fraction of sp³-hybridized carbons (Fsp3) is 0.846. The number of fused-ring (bicyclic) bond motifs is 1. The van der Waals surface area contributed by atoms with E-state index in [1.807, 2.05) is 13.8 Å². The van der Waals surface area contributed by atoms with Crippen LogP contribution in [0.2, 0.25) is 0 Å². The summed E-state index contributed by atoms with van der Waals surface area (Å²) in [4.78, 5) is 0. The number of hydrogen-bond acceptors (Lipinski definition) is 4. The van der Waals surface area contributed by atoms with Crippen LogP contribution in [-0.4, -0.2) is 36.8 Å². The molecular formula is C13H20O4. The molecule has 3 rings (SSSR count). The van der Waals surface area contributed by atoms with E-state index in [4.69, 9.17) is 18.9 Å². The predicted molar refractivity (Wildman–Crippen MR) is 61.4 cm³/mol. The minimum absolute atomic E-state index is 0.00452. The molecule has 0 radical (unpaired) electrons. The molecule has 4 heteroatoms. The first kappa shape index (κ1) is 11.5. The Kier molecular flexibility index (Phi) is 2.69. The average Bonchev–Trinajstić information content (AvgIpc) is 2.87. The summed E-state index contributed by atoms with van der Waals surface area (Å²) in [5.74, 6) is 0.504. The van der Waals surface area contributed by atoms with Crippen molar-refractivity contribution in [1.82, 2.24) is 0 Å². The van der Waals surface area contributed by atoms with Gasteiger partial charge in [-0.3, -0.25) is 0 Å². The largest absolute Gasteiger partial charge is 0.487 e. The third-order valence-electron chi connectivity index (χ3n) is 3.43. The van der Waals surface area contributed by atoms with Crippen LogP contribution in [-0.2, 0) is 18.9 Å². The van der Waals surface area contributed by atoms with Gasteiger partial charge >= 0.3 is 0 Å². The molecule has 4 atom stereocenters. The fourth-order valence-electron chi connectivity index (χ4n) is 2.51. The maximum atomic E-state index is 5.93. The summed E-state index contributed by atoms with van der Waals surface area (Å²) in [5.41, 5.74) is 0. The molecule has 3 fully saturated rings. The predicted octanol–water partition coefficient (Wildman–Crippen LogP) is 1.99. The molecule has 3 aliphatic rings. The van der Waals surface area contributed by atoms with E-state index in [0.29, 0.717) is 6.61 Å². The normalized spacial score (nSPS) is 44.8. The van der Waals surface area contributed by atoms with Crippen LogP contribution in [0.5, 0.6) is 0 Å². The van der Waals surface area contributed by atoms with Gasteiger partial charge in [-0.1, -0.05) is 13.3 Å². The van der Waals surface area contributed by atoms with Gasteiger partial charge in [0.25, 0.3) is 0 Å². The topological polar surface area (TPSA) is 40.2 Å². The lowest BCUT2D eigenvalue weighted by atomic mass is 10.1. The Morgan fingerprint density at radius 3 is 2.82 bits per heavy atom. The van der Waals surface area contributed by atoms with Gasteiger partial charge in [0.1, 0.15) is 24.1 Å². The lowest BCUT2D eigenvalue weighted by Crippen LogP contribution is -2.34. The lowest BCUT2D eigenvalue weighted by Gasteiger charge is -2.21. The second kappa shape index (κ2) is 3.97. The Labute approximate surface area is 102 Å². The summed E-state index contributed by atoms with van der Waals surface area (Å²) >= 11 is 0. The van der Waals surface area contributed by atoms with Crippen molar-refractivity contribution in [3.8, 4) is 0 Å². The van der Waals surface area contributed by atoms with E-state index in [-0.39, 0.29) is 24.4 Å². The van der Waals surface area contributed by atoms with Crippen molar-refractivity contribution >= 4 is 0 Å². The van der Waals surface area contributed by atoms with Crippen molar-refractivity contribution in [3.63, 3.8) is 0 Å². The monoisotopic (exact) mass is 240 g/mol. The molecule has 0 aliphatic carbocycles. The van der Waals surface area contributed by atoms with Gasteiger partial charge in [0.2, 0.25) is 0 Å². The highest BCUT2D eigenvalue weighted by Gasteiger charge is 2.60. The number of unbranched alkanes of at least 4 members (excludes halogenated alkanes) is 1. The summed E-state index contributed by atoms with van der Waals surface area (Å²) < 4.78 is 23.0. The summed E-state index contributed by atoms with van der Waals surface area (Å²) in [5, 5.41) is 0. The third kappa shape index (κ3) is 2.09. The van der Waals surface area contributed by atoms with Crippen molar-refractivity contribution in [2.45, 2.75) is 63.8 Å². The van der Waals surface area contributed by atoms with E-state index in [1.165, 1.54) is 0 Å². The molecule has 0 amide bonds. The van der Waals surface area contributed by atoms with E-state index >= 15 is 0 Å². The molecule has 3 saturated heterocycles. The highest BCUT2D eigenvalue weighted by molar-refractivity contribution is 5.20. The molecule has 3 aliphatic heterocycles. The zero-order valence-electron chi connectivity index (χ0n) is 10.6. The minimum Gasteiger partial charge on any atom is -0.487 e. The van der Waals surface area contributed by atoms with E-state index < -0.39 is 5.79 Å². The van der Waals surface area contributed by atoms with Crippen molar-refractivity contribution in [2.24, 2.45) is 0 Å². The summed E-state index contributed by atoms with van der Waals surface area (Å²) in [6.07, 6.45) is 4.68. The molecule has 0 aromatic heterocycles. The Hall–Kier alpha value is -0.580. The standard InChI is InChI=1S/C13H20O4/c1-4-5-6-8-10-12(16-10)11(15-8)9-7-14-13(2,3)17-9/h6,9-12H,4-5,7H2,1-3H3/b8-6+/t9-,10+,11+,12+/m0/s1. The van der Waals surface area contributed by atoms with Gasteiger partial charge in [0.15, 0.2) is 11.9 Å². The molecule has 4 nitrogen and oxygen atoms in total. The van der Waals surface area contributed by atoms with E-state index in [0.717, 1.165) is 18.6 Å². The van der Waals surface area contributed by atoms with Gasteiger partial charge in [-0.15, -0.1) is 0 Å². The SMILES string of the molecule is CCC/C=C1/O[C@H]([C@@H]2COC(C)(C)O2)[C@@H]2O[C@H]12. The Morgan fingerprint density at radius 2 is 2.18 bits per heavy atom. The Morgan fingerprint density at radius 1 is 1.35 bits per heavy atom. The van der Waals surface area contributed by atoms with Gasteiger partial charge in [0.05, 0.1) is 6.61 Å². The van der Waals surface area contributed by atoms with Gasteiger partial charge in [-0.05, 0) is 26.3 Å². The first-order valence-electron chi connectivity index (χ1n) is 6.44. The van der Waals surface area contributed by atoms with E-state index in [1.54, 1.807) is 0 Å². The molecule has 0 spiro atoms. The van der Waals surface area contributed by atoms with Crippen LogP contribution >= 0.6 is 0 Å². The van der Waals surface area contributed by atoms with Crippen LogP contribution < -0.4 is 0 Å². The highest BCUT2D eigenvalue weighted by Crippen LogP contribution is 2.45. The number of allylic oxidation sites excluding steroid dienone is 1. The van der Waals surface area contributed by atoms with Gasteiger partial charge in [0, 0.05) is 0 Å². The van der Waals surface area contributed by atoms with Crippen LogP contribution in [0.3, 0.4) is 0 Å². The number of ether oxygens (including phenoxy) is 4. The lowest BCUT2D eigenvalue weighted by molar-refractivity contribution is -0.153. The minimum atomic E-state index is -0.492. The van der Waals surface area contributed by atoms with E-state index in [9.17, 15) is 0 Å². The molecular weight excluding hydrogens is 220 g/mol. The fourth-order valence-corrected chi connectivity index (χ4v) is 2.51. The molecule has 96 valence electrons. The van der Waals surface area contributed by atoms with Crippen molar-refractivity contribution in [1.29, 1.82) is 0 Å². The first-order chi connectivity index (χ1) is 8.11. The second-order valence-electron chi connectivity index (χ2n) is 5.37. The van der Waals surface area contributed by atoms with Gasteiger partial charge in [-0.25, -0.2) is 0 Å². The Bertz CT molecular complexity index is 336. The molecule has 0 aromatic carbocycles. The van der Waals surface area contributed by atoms with Crippen molar-refractivity contribution in [3.05, 3.63) is 11.8 Å². The molecule has 3 heterocycles. The zero-order chi connectivity index (χ0) is 12.0. The zero-order valence-corrected chi connectivity index (χ0v) is 10.6. The van der Waals surface area contributed by atoms with Crippen LogP contribution in [0.1, 0.15) is 33.6 Å². The van der Waals surface area contributed by atoms with Gasteiger partial charge in [-0.2, -0.15) is 0 Å². The molecule has 0 bridgehead atoms. The molecule has 0 aromatic rings. The third-order valence-corrected chi connectivity index (χ3v) is 3.43. The first-order valence-corrected chi connectivity index (χ1v) is 6.44. The molecule has 17 heavy (non-hydrogen) atoms. The van der Waals surface area contributed by atoms with Crippen LogP contribution in [0.4, 0.5) is 0 Å². The molecule has 0 saturated carbocycles. The molecule has 0 N–H and O–H groups in total. The van der Waals surface area contributed by atoms with Crippen LogP contribution in [0.25, 0.3) is 0 Å². The number of rotatable bonds is 3. The number of epoxide rings is 1. The van der Waals surface area contributed by atoms with Crippen molar-refractivity contribution < 1.29 is 18.9 Å². The smallest absolute Gasteiger partial charge is 0.163 e. The highest BCUT2D eigenvalue weighted by atomic mass is 16.8. The maximum Gasteiger partial charge on any atom is 0.163 e. The Balaban J connectivity index is 1.64. The number of hydrogen-bond donors (Lipinski definition) is 0. The molecule has 0 unspecified atom stereocenters. The van der Waals surface area contributed by atoms with Crippen LogP contribution in [0.15, 0.2) is 11.8 Å². The average molecular weight is 240 g/mol. The summed E-state index contributed by atoms with van der Waals surface area (Å²) in [6.45, 7) is 6.61. The summed E-state index contributed by atoms with van der Waals surface area (Å²) in [7, 11) is 0. The van der Waals surface area contributed by atoms with Crippen LogP contribution in [0, 0.1) is 0 Å². The maximum absolute atomic E-state index is 5.93. The quantitative estimate of drug-likeness (QED) is 0.707.